The summed E-state index contributed by atoms with van der Waals surface area (Å²) in [5.74, 6) is 0. The van der Waals surface area contributed by atoms with Gasteiger partial charge in [0, 0.05) is 19.3 Å². The molecule has 20 heavy (non-hydrogen) atoms. The van der Waals surface area contributed by atoms with Crippen molar-refractivity contribution in [2.24, 2.45) is 0 Å². The van der Waals surface area contributed by atoms with Crippen molar-refractivity contribution in [1.82, 2.24) is 4.57 Å². The molecule has 0 saturated carbocycles. The van der Waals surface area contributed by atoms with E-state index in [4.69, 9.17) is 8.85 Å². The molecule has 0 amide bonds. The van der Waals surface area contributed by atoms with E-state index in [9.17, 15) is 0 Å². The maximum Gasteiger partial charge on any atom is 0.336 e. The van der Waals surface area contributed by atoms with Gasteiger partial charge in [-0.1, -0.05) is 40.8 Å². The van der Waals surface area contributed by atoms with Gasteiger partial charge in [0.05, 0.1) is 0 Å². The molecule has 0 radical (unpaired) electrons. The molecule has 0 aliphatic rings. The molecular formula is C15H37NO2Si2. The lowest BCUT2D eigenvalue weighted by molar-refractivity contribution is 0.186. The van der Waals surface area contributed by atoms with E-state index >= 15 is 0 Å². The Morgan fingerprint density at radius 3 is 1.65 bits per heavy atom. The molecule has 0 unspecified atom stereocenters. The summed E-state index contributed by atoms with van der Waals surface area (Å²) >= 11 is 0. The van der Waals surface area contributed by atoms with E-state index in [0.717, 1.165) is 32.3 Å². The molecule has 0 bridgehead atoms. The van der Waals surface area contributed by atoms with Crippen molar-refractivity contribution in [3.8, 4) is 0 Å². The molecule has 0 aliphatic heterocycles. The molecule has 0 aromatic carbocycles. The lowest BCUT2D eigenvalue weighted by atomic mass is 10.2. The molecule has 0 N–H and O–H groups in total. The number of rotatable bonds is 9. The highest BCUT2D eigenvalue weighted by molar-refractivity contribution is 6.77. The highest BCUT2D eigenvalue weighted by atomic mass is 28.4. The zero-order valence-electron chi connectivity index (χ0n) is 15.3. The first kappa shape index (κ1) is 20.3. The summed E-state index contributed by atoms with van der Waals surface area (Å²) in [6.45, 7) is 24.5. The summed E-state index contributed by atoms with van der Waals surface area (Å²) in [4.78, 5) is 0. The molecule has 0 aromatic heterocycles. The molecule has 3 nitrogen and oxygen atoms in total. The summed E-state index contributed by atoms with van der Waals surface area (Å²) in [7, 11) is -3.42. The summed E-state index contributed by atoms with van der Waals surface area (Å²) in [5, 5.41) is 0.387. The van der Waals surface area contributed by atoms with E-state index in [1.807, 2.05) is 0 Å². The fourth-order valence-corrected chi connectivity index (χ4v) is 7.35. The van der Waals surface area contributed by atoms with Gasteiger partial charge >= 0.3 is 8.56 Å². The first-order valence-corrected chi connectivity index (χ1v) is 13.5. The van der Waals surface area contributed by atoms with Crippen LogP contribution in [-0.4, -0.2) is 47.7 Å². The van der Waals surface area contributed by atoms with Gasteiger partial charge in [-0.2, -0.15) is 0 Å². The fourth-order valence-electron chi connectivity index (χ4n) is 2.44. The largest absolute Gasteiger partial charge is 0.395 e. The SMILES string of the molecule is CCO[Si](C)(CCN(CC)[Si](C)(C)C(C)(C)C)OCC. The predicted octanol–water partition coefficient (Wildman–Crippen LogP) is 4.46. The third-order valence-corrected chi connectivity index (χ3v) is 13.5. The van der Waals surface area contributed by atoms with Crippen LogP contribution in [0.3, 0.4) is 0 Å². The van der Waals surface area contributed by atoms with E-state index in [1.165, 1.54) is 0 Å². The third kappa shape index (κ3) is 5.60. The van der Waals surface area contributed by atoms with Gasteiger partial charge in [-0.3, -0.25) is 0 Å². The third-order valence-electron chi connectivity index (χ3n) is 4.74. The molecule has 0 aliphatic carbocycles. The van der Waals surface area contributed by atoms with Gasteiger partial charge in [0.25, 0.3) is 0 Å². The molecule has 0 fully saturated rings. The van der Waals surface area contributed by atoms with Crippen LogP contribution in [0.4, 0.5) is 0 Å². The topological polar surface area (TPSA) is 21.7 Å². The summed E-state index contributed by atoms with van der Waals surface area (Å²) in [6, 6.07) is 1.06. The number of hydrogen-bond donors (Lipinski definition) is 0. The minimum absolute atomic E-state index is 0.387. The normalized spacial score (nSPS) is 14.1. The van der Waals surface area contributed by atoms with Crippen LogP contribution in [0, 0.1) is 0 Å². The lowest BCUT2D eigenvalue weighted by Crippen LogP contribution is -2.56. The predicted molar refractivity (Wildman–Crippen MR) is 94.1 cm³/mol. The van der Waals surface area contributed by atoms with Gasteiger partial charge < -0.3 is 13.4 Å². The zero-order valence-corrected chi connectivity index (χ0v) is 17.3. The molecule has 0 aromatic rings. The molecule has 0 rings (SSSR count). The van der Waals surface area contributed by atoms with Crippen molar-refractivity contribution in [3.05, 3.63) is 0 Å². The Hall–Kier alpha value is 0.314. The second kappa shape index (κ2) is 8.08. The van der Waals surface area contributed by atoms with Crippen LogP contribution in [0.25, 0.3) is 0 Å². The highest BCUT2D eigenvalue weighted by Crippen LogP contribution is 2.38. The van der Waals surface area contributed by atoms with Crippen LogP contribution in [-0.2, 0) is 8.85 Å². The average Bonchev–Trinajstić information content (AvgIpc) is 2.28. The zero-order chi connectivity index (χ0) is 16.0. The Balaban J connectivity index is 4.81. The Morgan fingerprint density at radius 2 is 1.35 bits per heavy atom. The Morgan fingerprint density at radius 1 is 0.900 bits per heavy atom. The van der Waals surface area contributed by atoms with Crippen molar-refractivity contribution in [1.29, 1.82) is 0 Å². The van der Waals surface area contributed by atoms with Crippen LogP contribution in [0.15, 0.2) is 0 Å². The first-order chi connectivity index (χ1) is 9.04. The van der Waals surface area contributed by atoms with Crippen LogP contribution in [0.1, 0.15) is 41.5 Å². The Labute approximate surface area is 129 Å². The first-order valence-electron chi connectivity index (χ1n) is 8.07. The maximum absolute atomic E-state index is 5.97. The van der Waals surface area contributed by atoms with E-state index in [0.29, 0.717) is 5.04 Å². The van der Waals surface area contributed by atoms with Crippen molar-refractivity contribution in [2.75, 3.05) is 26.3 Å². The minimum atomic E-state index is -1.99. The summed E-state index contributed by atoms with van der Waals surface area (Å²) in [5.41, 5.74) is 0. The van der Waals surface area contributed by atoms with E-state index in [1.54, 1.807) is 0 Å². The van der Waals surface area contributed by atoms with Crippen molar-refractivity contribution in [2.45, 2.75) is 72.3 Å². The monoisotopic (exact) mass is 319 g/mol. The highest BCUT2D eigenvalue weighted by Gasteiger charge is 2.41. The quantitative estimate of drug-likeness (QED) is 0.586. The van der Waals surface area contributed by atoms with E-state index in [2.05, 4.69) is 65.7 Å². The van der Waals surface area contributed by atoms with Crippen LogP contribution < -0.4 is 0 Å². The van der Waals surface area contributed by atoms with Gasteiger partial charge in [-0.05, 0) is 38.5 Å². The summed E-state index contributed by atoms with van der Waals surface area (Å²) < 4.78 is 14.6. The molecule has 0 spiro atoms. The lowest BCUT2D eigenvalue weighted by Gasteiger charge is -2.46. The average molecular weight is 320 g/mol. The molecule has 0 heterocycles. The fraction of sp³-hybridized carbons (Fsp3) is 1.00. The second-order valence-corrected chi connectivity index (χ2v) is 15.7. The van der Waals surface area contributed by atoms with Crippen molar-refractivity contribution in [3.63, 3.8) is 0 Å². The number of hydrogen-bond acceptors (Lipinski definition) is 3. The Kier molecular flexibility index (Phi) is 8.21. The summed E-state index contributed by atoms with van der Waals surface area (Å²) in [6.07, 6.45) is 0. The number of nitrogens with zero attached hydrogens (tertiary/aromatic N) is 1. The van der Waals surface area contributed by atoms with E-state index < -0.39 is 16.8 Å². The van der Waals surface area contributed by atoms with Gasteiger partial charge in [0.15, 0.2) is 0 Å². The van der Waals surface area contributed by atoms with Crippen LogP contribution in [0.5, 0.6) is 0 Å². The molecule has 122 valence electrons. The Bertz CT molecular complexity index is 272. The van der Waals surface area contributed by atoms with Crippen molar-refractivity contribution < 1.29 is 8.85 Å². The van der Waals surface area contributed by atoms with Gasteiger partial charge in [-0.15, -0.1) is 0 Å². The minimum Gasteiger partial charge on any atom is -0.395 e. The van der Waals surface area contributed by atoms with E-state index in [-0.39, 0.29) is 0 Å². The molecule has 5 heteroatoms. The van der Waals surface area contributed by atoms with Crippen LogP contribution in [0.2, 0.25) is 30.7 Å². The van der Waals surface area contributed by atoms with Crippen LogP contribution >= 0.6 is 0 Å². The molecule has 0 saturated heterocycles. The van der Waals surface area contributed by atoms with Gasteiger partial charge in [-0.25, -0.2) is 0 Å². The van der Waals surface area contributed by atoms with Crippen molar-refractivity contribution >= 4 is 16.8 Å². The maximum atomic E-state index is 5.97. The molecule has 0 atom stereocenters. The van der Waals surface area contributed by atoms with Gasteiger partial charge in [0.2, 0.25) is 0 Å². The van der Waals surface area contributed by atoms with Gasteiger partial charge in [0.1, 0.15) is 8.24 Å². The second-order valence-electron chi connectivity index (χ2n) is 7.14. The smallest absolute Gasteiger partial charge is 0.336 e. The standard InChI is InChI=1S/C15H37NO2Si2/c1-10-16(19(7,8)15(4,5)6)13-14-20(9,17-11-2)18-12-3/h10-14H2,1-9H3. The molecular weight excluding hydrogens is 282 g/mol.